The van der Waals surface area contributed by atoms with Crippen molar-refractivity contribution in [1.82, 2.24) is 0 Å². The Labute approximate surface area is 263 Å². The lowest BCUT2D eigenvalue weighted by Crippen LogP contribution is -2.71. The number of halogens is 1. The maximum atomic E-state index is 14.3. The van der Waals surface area contributed by atoms with E-state index < -0.39 is 54.3 Å². The van der Waals surface area contributed by atoms with Crippen LogP contribution in [0.15, 0.2) is 23.8 Å². The number of ether oxygens (including phenoxy) is 2. The zero-order valence-corrected chi connectivity index (χ0v) is 29.5. The molecule has 43 heavy (non-hydrogen) atoms. The van der Waals surface area contributed by atoms with Gasteiger partial charge in [0.25, 0.3) is 0 Å². The van der Waals surface area contributed by atoms with Crippen LogP contribution in [0.25, 0.3) is 0 Å². The molecule has 4 aliphatic carbocycles. The van der Waals surface area contributed by atoms with Gasteiger partial charge in [0.1, 0.15) is 0 Å². The first-order valence-corrected chi connectivity index (χ1v) is 19.2. The van der Waals surface area contributed by atoms with Crippen molar-refractivity contribution in [2.24, 2.45) is 28.6 Å². The molecule has 0 spiro atoms. The molecule has 0 saturated heterocycles. The average molecular weight is 635 g/mol. The van der Waals surface area contributed by atoms with Crippen LogP contribution in [0.5, 0.6) is 0 Å². The van der Waals surface area contributed by atoms with Gasteiger partial charge in [0.05, 0.1) is 11.0 Å². The summed E-state index contributed by atoms with van der Waals surface area (Å²) in [5.41, 5.74) is -1.94. The summed E-state index contributed by atoms with van der Waals surface area (Å²) in [5.74, 6) is -1.79. The molecule has 0 unspecified atom stereocenters. The summed E-state index contributed by atoms with van der Waals surface area (Å²) in [4.78, 5) is 51.2. The highest BCUT2D eigenvalue weighted by Gasteiger charge is 2.76. The topological polar surface area (TPSA) is 96.0 Å². The van der Waals surface area contributed by atoms with Gasteiger partial charge in [-0.25, -0.2) is 0 Å². The first-order chi connectivity index (χ1) is 19.7. The fourth-order valence-corrected chi connectivity index (χ4v) is 10.5. The van der Waals surface area contributed by atoms with Crippen molar-refractivity contribution >= 4 is 43.4 Å². The van der Waals surface area contributed by atoms with Crippen LogP contribution in [-0.4, -0.2) is 55.0 Å². The zero-order chi connectivity index (χ0) is 32.4. The molecule has 0 heterocycles. The van der Waals surface area contributed by atoms with Gasteiger partial charge < -0.3 is 13.9 Å². The van der Waals surface area contributed by atoms with Crippen molar-refractivity contribution in [1.29, 1.82) is 0 Å². The number of ketones is 2. The highest BCUT2D eigenvalue weighted by molar-refractivity contribution is 6.74. The molecule has 0 aliphatic heterocycles. The van der Waals surface area contributed by atoms with Crippen LogP contribution in [0.1, 0.15) is 93.9 Å². The number of carbonyl (C=O) groups is 4. The van der Waals surface area contributed by atoms with Gasteiger partial charge in [-0.05, 0) is 55.3 Å². The average Bonchev–Trinajstić information content (AvgIpc) is 3.13. The Balaban J connectivity index is 1.93. The zero-order valence-electron chi connectivity index (χ0n) is 27.7. The fraction of sp³-hybridized carbons (Fsp3) is 0.765. The molecule has 0 amide bonds. The van der Waals surface area contributed by atoms with Gasteiger partial charge in [-0.15, -0.1) is 11.6 Å². The van der Waals surface area contributed by atoms with Crippen LogP contribution < -0.4 is 0 Å². The monoisotopic (exact) mass is 634 g/mol. The van der Waals surface area contributed by atoms with E-state index in [0.717, 1.165) is 5.57 Å². The Morgan fingerprint density at radius 1 is 1.07 bits per heavy atom. The maximum absolute atomic E-state index is 14.3. The van der Waals surface area contributed by atoms with E-state index >= 15 is 0 Å². The van der Waals surface area contributed by atoms with Crippen molar-refractivity contribution in [3.05, 3.63) is 23.8 Å². The molecule has 0 aromatic carbocycles. The lowest BCUT2D eigenvalue weighted by atomic mass is 9.46. The molecule has 0 aromatic heterocycles. The smallest absolute Gasteiger partial charge is 0.306 e. The summed E-state index contributed by atoms with van der Waals surface area (Å²) in [5, 5.41) is -0.112. The second-order valence-corrected chi connectivity index (χ2v) is 20.6. The third-order valence-corrected chi connectivity index (χ3v) is 17.4. The number of hydrogen-bond acceptors (Lipinski definition) is 7. The van der Waals surface area contributed by atoms with E-state index in [1.807, 2.05) is 13.0 Å². The summed E-state index contributed by atoms with van der Waals surface area (Å²) in [6, 6.07) is 0. The van der Waals surface area contributed by atoms with Crippen LogP contribution in [0.3, 0.4) is 0 Å². The molecule has 0 radical (unpaired) electrons. The van der Waals surface area contributed by atoms with E-state index in [1.165, 1.54) is 0 Å². The van der Waals surface area contributed by atoms with Gasteiger partial charge >= 0.3 is 11.9 Å². The van der Waals surface area contributed by atoms with Crippen molar-refractivity contribution in [3.8, 4) is 0 Å². The molecular weight excluding hydrogens is 584 g/mol. The summed E-state index contributed by atoms with van der Waals surface area (Å²) in [7, 11) is -2.42. The number of Topliss-reactive ketones (excluding diaryl/α,β-unsaturated/α-hetero) is 1. The molecule has 2 saturated carbocycles. The molecule has 0 N–H and O–H groups in total. The molecule has 4 aliphatic rings. The molecule has 4 rings (SSSR count). The van der Waals surface area contributed by atoms with E-state index in [-0.39, 0.29) is 47.2 Å². The van der Waals surface area contributed by atoms with Gasteiger partial charge in [0, 0.05) is 36.0 Å². The number of alkyl halides is 1. The molecule has 240 valence electrons. The third-order valence-electron chi connectivity index (χ3n) is 12.0. The Hall–Kier alpha value is -1.77. The summed E-state index contributed by atoms with van der Waals surface area (Å²) < 4.78 is 19.0. The standard InChI is InChI=1S/C34H51ClO7Si/c1-11-28(38)40-20-26(37)34(41-29(39)12-2)21(3)17-25-24-14-13-22-18-23(36)15-16-31(22,7)33(24,35)27(19-32(25,34)8)42-43(9,10)30(4,5)6/h13,15-16,21,24-25,27H,11-12,14,17-20H2,1-10H3/t21-,24-,25-,27-,31-,32-,33-,34-/m0/s1. The minimum absolute atomic E-state index is 0.0668. The lowest BCUT2D eigenvalue weighted by molar-refractivity contribution is -0.202. The second kappa shape index (κ2) is 11.2. The number of carbonyl (C=O) groups excluding carboxylic acids is 4. The maximum Gasteiger partial charge on any atom is 0.306 e. The first kappa shape index (κ1) is 34.1. The second-order valence-electron chi connectivity index (χ2n) is 15.3. The van der Waals surface area contributed by atoms with Crippen LogP contribution in [0.4, 0.5) is 0 Å². The predicted octanol–water partition coefficient (Wildman–Crippen LogP) is 7.12. The molecule has 9 heteroatoms. The SMILES string of the molecule is CCC(=O)OCC(=O)[C@@]1(OC(=O)CC)[C@@H](C)C[C@H]2[C@@H]3CC=C4CC(=O)C=C[C@]4(C)[C@@]3(Cl)[C@@H](O[Si](C)(C)C(C)(C)C)C[C@@]21C. The third kappa shape index (κ3) is 5.02. The fourth-order valence-electron chi connectivity index (χ4n) is 8.54. The molecule has 7 nitrogen and oxygen atoms in total. The summed E-state index contributed by atoms with van der Waals surface area (Å²) in [6.45, 7) is 20.1. The molecule has 0 bridgehead atoms. The molecule has 2 fully saturated rings. The van der Waals surface area contributed by atoms with E-state index in [0.29, 0.717) is 25.7 Å². The van der Waals surface area contributed by atoms with E-state index in [4.69, 9.17) is 25.5 Å². The Morgan fingerprint density at radius 3 is 2.28 bits per heavy atom. The first-order valence-electron chi connectivity index (χ1n) is 15.9. The van der Waals surface area contributed by atoms with Crippen molar-refractivity contribution in [3.63, 3.8) is 0 Å². The normalized spacial score (nSPS) is 38.9. The van der Waals surface area contributed by atoms with E-state index in [1.54, 1.807) is 19.9 Å². The highest BCUT2D eigenvalue weighted by atomic mass is 35.5. The van der Waals surface area contributed by atoms with Gasteiger partial charge in [-0.3, -0.25) is 19.2 Å². The number of esters is 2. The van der Waals surface area contributed by atoms with Crippen LogP contribution in [0, 0.1) is 28.6 Å². The molecule has 8 atom stereocenters. The van der Waals surface area contributed by atoms with Crippen LogP contribution in [-0.2, 0) is 33.1 Å². The highest BCUT2D eigenvalue weighted by Crippen LogP contribution is 2.72. The molecule has 0 aromatic rings. The van der Waals surface area contributed by atoms with Gasteiger partial charge in [-0.2, -0.15) is 0 Å². The van der Waals surface area contributed by atoms with Crippen LogP contribution >= 0.6 is 11.6 Å². The minimum Gasteiger partial charge on any atom is -0.457 e. The summed E-state index contributed by atoms with van der Waals surface area (Å²) in [6.07, 6.45) is 7.57. The van der Waals surface area contributed by atoms with Crippen molar-refractivity contribution < 1.29 is 33.1 Å². The number of allylic oxidation sites excluding steroid dienone is 4. The van der Waals surface area contributed by atoms with E-state index in [2.05, 4.69) is 53.8 Å². The number of rotatable bonds is 8. The van der Waals surface area contributed by atoms with E-state index in [9.17, 15) is 19.2 Å². The Bertz CT molecular complexity index is 1250. The minimum atomic E-state index is -2.42. The lowest BCUT2D eigenvalue weighted by Gasteiger charge is -2.65. The number of fused-ring (bicyclic) bond motifs is 5. The van der Waals surface area contributed by atoms with Crippen molar-refractivity contribution in [2.45, 2.75) is 129 Å². The van der Waals surface area contributed by atoms with Crippen molar-refractivity contribution in [2.75, 3.05) is 6.61 Å². The van der Waals surface area contributed by atoms with Gasteiger partial charge in [0.2, 0.25) is 5.78 Å². The quantitative estimate of drug-likeness (QED) is 0.121. The Morgan fingerprint density at radius 2 is 1.70 bits per heavy atom. The largest absolute Gasteiger partial charge is 0.457 e. The van der Waals surface area contributed by atoms with Crippen LogP contribution in [0.2, 0.25) is 18.1 Å². The predicted molar refractivity (Wildman–Crippen MR) is 169 cm³/mol. The Kier molecular flexibility index (Phi) is 8.91. The number of hydrogen-bond donors (Lipinski definition) is 0. The summed E-state index contributed by atoms with van der Waals surface area (Å²) >= 11 is 8.10. The van der Waals surface area contributed by atoms with Gasteiger partial charge in [-0.1, -0.05) is 73.1 Å². The molecular formula is C34H51ClO7Si. The van der Waals surface area contributed by atoms with Gasteiger partial charge in [0.15, 0.2) is 26.3 Å².